The number of hydrogen-bond acceptors (Lipinski definition) is 3. The predicted octanol–water partition coefficient (Wildman–Crippen LogP) is 3.76. The SMILES string of the molecule is COc1cccc(CC(N)c2csc(Br)c2)c1. The van der Waals surface area contributed by atoms with Gasteiger partial charge in [-0.3, -0.25) is 0 Å². The van der Waals surface area contributed by atoms with Gasteiger partial charge in [0.25, 0.3) is 0 Å². The van der Waals surface area contributed by atoms with Gasteiger partial charge in [0.15, 0.2) is 0 Å². The number of nitrogens with two attached hydrogens (primary N) is 1. The highest BCUT2D eigenvalue weighted by Crippen LogP contribution is 2.26. The summed E-state index contributed by atoms with van der Waals surface area (Å²) < 4.78 is 6.32. The second-order valence-corrected chi connectivity index (χ2v) is 6.14. The topological polar surface area (TPSA) is 35.2 Å². The summed E-state index contributed by atoms with van der Waals surface area (Å²) in [6, 6.07) is 10.1. The van der Waals surface area contributed by atoms with E-state index in [1.807, 2.05) is 18.2 Å². The fourth-order valence-electron chi connectivity index (χ4n) is 1.69. The number of thiophene rings is 1. The molecule has 2 rings (SSSR count). The summed E-state index contributed by atoms with van der Waals surface area (Å²) in [6.07, 6.45) is 0.820. The van der Waals surface area contributed by atoms with Crippen LogP contribution in [0.15, 0.2) is 39.5 Å². The van der Waals surface area contributed by atoms with Gasteiger partial charge in [0.05, 0.1) is 10.9 Å². The molecular weight excluding hydrogens is 298 g/mol. The van der Waals surface area contributed by atoms with Gasteiger partial charge in [-0.2, -0.15) is 0 Å². The Balaban J connectivity index is 2.09. The highest BCUT2D eigenvalue weighted by Gasteiger charge is 2.09. The fourth-order valence-corrected chi connectivity index (χ4v) is 2.93. The standard InChI is InChI=1S/C13H14BrNOS/c1-16-11-4-2-3-9(5-11)6-12(15)10-7-13(14)17-8-10/h2-5,7-8,12H,6,15H2,1H3. The third-order valence-corrected chi connectivity index (χ3v) is 4.13. The first-order valence-electron chi connectivity index (χ1n) is 5.31. The molecule has 4 heteroatoms. The van der Waals surface area contributed by atoms with Gasteiger partial charge in [-0.1, -0.05) is 12.1 Å². The van der Waals surface area contributed by atoms with E-state index in [1.165, 1.54) is 11.1 Å². The second kappa shape index (κ2) is 5.67. The number of rotatable bonds is 4. The molecule has 1 aromatic carbocycles. The van der Waals surface area contributed by atoms with E-state index in [4.69, 9.17) is 10.5 Å². The van der Waals surface area contributed by atoms with E-state index in [9.17, 15) is 0 Å². The van der Waals surface area contributed by atoms with Crippen molar-refractivity contribution in [1.29, 1.82) is 0 Å². The Labute approximate surface area is 114 Å². The predicted molar refractivity (Wildman–Crippen MR) is 75.6 cm³/mol. The summed E-state index contributed by atoms with van der Waals surface area (Å²) in [7, 11) is 1.68. The Bertz CT molecular complexity index is 498. The van der Waals surface area contributed by atoms with Crippen LogP contribution >= 0.6 is 27.3 Å². The molecule has 0 bridgehead atoms. The van der Waals surface area contributed by atoms with Crippen molar-refractivity contribution in [2.24, 2.45) is 5.73 Å². The van der Waals surface area contributed by atoms with Crippen LogP contribution in [-0.4, -0.2) is 7.11 Å². The summed E-state index contributed by atoms with van der Waals surface area (Å²) in [5, 5.41) is 2.09. The minimum absolute atomic E-state index is 0.0321. The first-order chi connectivity index (χ1) is 8.19. The number of halogens is 1. The fraction of sp³-hybridized carbons (Fsp3) is 0.231. The van der Waals surface area contributed by atoms with Crippen LogP contribution in [-0.2, 0) is 6.42 Å². The molecule has 0 spiro atoms. The van der Waals surface area contributed by atoms with Crippen molar-refractivity contribution in [3.63, 3.8) is 0 Å². The minimum Gasteiger partial charge on any atom is -0.497 e. The molecule has 1 atom stereocenters. The van der Waals surface area contributed by atoms with Crippen LogP contribution < -0.4 is 10.5 Å². The summed E-state index contributed by atoms with van der Waals surface area (Å²) in [5.41, 5.74) is 8.54. The summed E-state index contributed by atoms with van der Waals surface area (Å²) in [6.45, 7) is 0. The molecule has 90 valence electrons. The average molecular weight is 312 g/mol. The van der Waals surface area contributed by atoms with E-state index in [2.05, 4.69) is 33.4 Å². The van der Waals surface area contributed by atoms with Crippen molar-refractivity contribution in [2.45, 2.75) is 12.5 Å². The Morgan fingerprint density at radius 3 is 2.88 bits per heavy atom. The molecule has 0 radical (unpaired) electrons. The van der Waals surface area contributed by atoms with Crippen LogP contribution in [0.1, 0.15) is 17.2 Å². The maximum absolute atomic E-state index is 6.18. The second-order valence-electron chi connectivity index (χ2n) is 3.85. The Hall–Kier alpha value is -0.840. The zero-order valence-corrected chi connectivity index (χ0v) is 11.9. The zero-order chi connectivity index (χ0) is 12.3. The molecule has 1 unspecified atom stereocenters. The van der Waals surface area contributed by atoms with Crippen LogP contribution in [0.5, 0.6) is 5.75 Å². The summed E-state index contributed by atoms with van der Waals surface area (Å²) >= 11 is 5.11. The lowest BCUT2D eigenvalue weighted by Crippen LogP contribution is -2.12. The van der Waals surface area contributed by atoms with Crippen LogP contribution in [0.2, 0.25) is 0 Å². The molecule has 0 saturated heterocycles. The maximum Gasteiger partial charge on any atom is 0.119 e. The highest BCUT2D eigenvalue weighted by atomic mass is 79.9. The maximum atomic E-state index is 6.18. The van der Waals surface area contributed by atoms with Crippen molar-refractivity contribution in [1.82, 2.24) is 0 Å². The monoisotopic (exact) mass is 311 g/mol. The number of ether oxygens (including phenoxy) is 1. The van der Waals surface area contributed by atoms with Gasteiger partial charge in [0.2, 0.25) is 0 Å². The molecule has 0 aliphatic carbocycles. The minimum atomic E-state index is 0.0321. The smallest absolute Gasteiger partial charge is 0.119 e. The van der Waals surface area contributed by atoms with Gasteiger partial charge in [0, 0.05) is 6.04 Å². The lowest BCUT2D eigenvalue weighted by atomic mass is 10.0. The lowest BCUT2D eigenvalue weighted by Gasteiger charge is -2.10. The largest absolute Gasteiger partial charge is 0.497 e. The quantitative estimate of drug-likeness (QED) is 0.933. The Morgan fingerprint density at radius 2 is 2.24 bits per heavy atom. The van der Waals surface area contributed by atoms with E-state index in [1.54, 1.807) is 18.4 Å². The molecule has 0 amide bonds. The number of benzene rings is 1. The molecule has 2 aromatic rings. The molecule has 0 aliphatic heterocycles. The van der Waals surface area contributed by atoms with Crippen molar-refractivity contribution in [3.8, 4) is 5.75 Å². The van der Waals surface area contributed by atoms with Crippen molar-refractivity contribution in [2.75, 3.05) is 7.11 Å². The molecule has 17 heavy (non-hydrogen) atoms. The van der Waals surface area contributed by atoms with Gasteiger partial charge in [-0.15, -0.1) is 11.3 Å². The van der Waals surface area contributed by atoms with E-state index >= 15 is 0 Å². The first-order valence-corrected chi connectivity index (χ1v) is 6.99. The molecule has 0 saturated carbocycles. The van der Waals surface area contributed by atoms with Gasteiger partial charge in [-0.25, -0.2) is 0 Å². The molecule has 1 aromatic heterocycles. The summed E-state index contributed by atoms with van der Waals surface area (Å²) in [5.74, 6) is 0.876. The van der Waals surface area contributed by atoms with Gasteiger partial charge >= 0.3 is 0 Å². The van der Waals surface area contributed by atoms with Gasteiger partial charge in [0.1, 0.15) is 5.75 Å². The third kappa shape index (κ3) is 3.31. The number of hydrogen-bond donors (Lipinski definition) is 1. The highest BCUT2D eigenvalue weighted by molar-refractivity contribution is 9.11. The molecule has 0 fully saturated rings. The van der Waals surface area contributed by atoms with E-state index < -0.39 is 0 Å². The Morgan fingerprint density at radius 1 is 1.41 bits per heavy atom. The Kier molecular flexibility index (Phi) is 4.20. The van der Waals surface area contributed by atoms with Crippen LogP contribution in [0.25, 0.3) is 0 Å². The first kappa shape index (κ1) is 12.6. The number of methoxy groups -OCH3 is 1. The van der Waals surface area contributed by atoms with Crippen LogP contribution in [0.3, 0.4) is 0 Å². The average Bonchev–Trinajstić information content (AvgIpc) is 2.76. The van der Waals surface area contributed by atoms with Crippen molar-refractivity contribution >= 4 is 27.3 Å². The van der Waals surface area contributed by atoms with E-state index in [-0.39, 0.29) is 6.04 Å². The zero-order valence-electron chi connectivity index (χ0n) is 9.52. The lowest BCUT2D eigenvalue weighted by molar-refractivity contribution is 0.414. The molecule has 2 N–H and O–H groups in total. The third-order valence-electron chi connectivity index (χ3n) is 2.61. The molecule has 0 aliphatic rings. The van der Waals surface area contributed by atoms with Crippen LogP contribution in [0, 0.1) is 0 Å². The normalized spacial score (nSPS) is 12.4. The van der Waals surface area contributed by atoms with Crippen molar-refractivity contribution in [3.05, 3.63) is 50.6 Å². The van der Waals surface area contributed by atoms with Crippen LogP contribution in [0.4, 0.5) is 0 Å². The molecular formula is C13H14BrNOS. The molecule has 2 nitrogen and oxygen atoms in total. The van der Waals surface area contributed by atoms with E-state index in [0.29, 0.717) is 0 Å². The van der Waals surface area contributed by atoms with E-state index in [0.717, 1.165) is 16.0 Å². The van der Waals surface area contributed by atoms with Gasteiger partial charge in [-0.05, 0) is 57.1 Å². The van der Waals surface area contributed by atoms with Gasteiger partial charge < -0.3 is 10.5 Å². The summed E-state index contributed by atoms with van der Waals surface area (Å²) in [4.78, 5) is 0. The molecule has 1 heterocycles. The van der Waals surface area contributed by atoms with Crippen molar-refractivity contribution < 1.29 is 4.74 Å².